The first-order valence-electron chi connectivity index (χ1n) is 8.33. The molecule has 3 heteroatoms. The first-order valence-corrected chi connectivity index (χ1v) is 8.33. The quantitative estimate of drug-likeness (QED) is 0.908. The maximum Gasteiger partial charge on any atom is 0.230 e. The number of hydrogen-bond donors (Lipinski definition) is 1. The third-order valence-electron chi connectivity index (χ3n) is 5.30. The van der Waals surface area contributed by atoms with Gasteiger partial charge in [0, 0.05) is 19.1 Å². The molecule has 0 radical (unpaired) electrons. The van der Waals surface area contributed by atoms with Gasteiger partial charge in [0.2, 0.25) is 5.91 Å². The van der Waals surface area contributed by atoms with Crippen LogP contribution in [0.4, 0.5) is 0 Å². The molecule has 1 aliphatic carbocycles. The molecule has 3 nitrogen and oxygen atoms in total. The molecule has 2 N–H and O–H groups in total. The highest BCUT2D eigenvalue weighted by Crippen LogP contribution is 2.34. The molecule has 1 amide bonds. The number of likely N-dealkylation sites (tertiary alicyclic amines) is 1. The Hall–Kier alpha value is -1.35. The van der Waals surface area contributed by atoms with Gasteiger partial charge in [0.1, 0.15) is 0 Å². The highest BCUT2D eigenvalue weighted by molar-refractivity contribution is 5.84. The number of hydrogen-bond acceptors (Lipinski definition) is 2. The van der Waals surface area contributed by atoms with Crippen LogP contribution >= 0.6 is 0 Å². The van der Waals surface area contributed by atoms with E-state index in [-0.39, 0.29) is 12.0 Å². The Bertz CT molecular complexity index is 514. The van der Waals surface area contributed by atoms with Gasteiger partial charge in [-0.25, -0.2) is 0 Å². The Morgan fingerprint density at radius 1 is 1.33 bits per heavy atom. The fraction of sp³-hybridized carbons (Fsp3) is 0.611. The maximum atomic E-state index is 13.0. The average molecular weight is 286 g/mol. The second-order valence-corrected chi connectivity index (χ2v) is 6.55. The Morgan fingerprint density at radius 3 is 2.95 bits per heavy atom. The van der Waals surface area contributed by atoms with Crippen LogP contribution in [0.3, 0.4) is 0 Å². The summed E-state index contributed by atoms with van der Waals surface area (Å²) >= 11 is 0. The first-order chi connectivity index (χ1) is 10.2. The summed E-state index contributed by atoms with van der Waals surface area (Å²) in [6.45, 7) is 3.85. The van der Waals surface area contributed by atoms with Crippen molar-refractivity contribution < 1.29 is 4.79 Å². The maximum absolute atomic E-state index is 13.0. The van der Waals surface area contributed by atoms with Crippen LogP contribution in [0.2, 0.25) is 0 Å². The molecule has 1 fully saturated rings. The fourth-order valence-electron chi connectivity index (χ4n) is 3.91. The van der Waals surface area contributed by atoms with Crippen molar-refractivity contribution >= 4 is 5.91 Å². The lowest BCUT2D eigenvalue weighted by Gasteiger charge is -2.39. The average Bonchev–Trinajstić information content (AvgIpc) is 2.54. The summed E-state index contributed by atoms with van der Waals surface area (Å²) in [4.78, 5) is 15.0. The van der Waals surface area contributed by atoms with E-state index < -0.39 is 0 Å². The van der Waals surface area contributed by atoms with Crippen LogP contribution in [0.25, 0.3) is 0 Å². The first kappa shape index (κ1) is 14.6. The Kier molecular flexibility index (Phi) is 4.29. The Morgan fingerprint density at radius 2 is 2.14 bits per heavy atom. The van der Waals surface area contributed by atoms with E-state index in [0.717, 1.165) is 45.2 Å². The molecular weight excluding hydrogens is 260 g/mol. The van der Waals surface area contributed by atoms with Gasteiger partial charge in [-0.2, -0.15) is 0 Å². The number of nitrogens with two attached hydrogens (primary N) is 1. The van der Waals surface area contributed by atoms with Crippen LogP contribution in [0.5, 0.6) is 0 Å². The monoisotopic (exact) mass is 286 g/mol. The van der Waals surface area contributed by atoms with Crippen LogP contribution in [-0.2, 0) is 11.2 Å². The number of aryl methyl sites for hydroxylation is 1. The normalized spacial score (nSPS) is 29.0. The van der Waals surface area contributed by atoms with Crippen molar-refractivity contribution in [2.45, 2.75) is 51.0 Å². The molecule has 3 unspecified atom stereocenters. The summed E-state index contributed by atoms with van der Waals surface area (Å²) in [6, 6.07) is 8.72. The minimum atomic E-state index is 0.0711. The number of piperidine rings is 1. The zero-order valence-electron chi connectivity index (χ0n) is 12.9. The molecule has 1 heterocycles. The van der Waals surface area contributed by atoms with E-state index in [0.29, 0.717) is 11.8 Å². The van der Waals surface area contributed by atoms with Crippen LogP contribution in [-0.4, -0.2) is 29.9 Å². The summed E-state index contributed by atoms with van der Waals surface area (Å²) in [5.74, 6) is 0.857. The number of benzene rings is 1. The molecule has 1 aromatic rings. The fourth-order valence-corrected chi connectivity index (χ4v) is 3.91. The summed E-state index contributed by atoms with van der Waals surface area (Å²) in [5, 5.41) is 0. The largest absolute Gasteiger partial charge is 0.342 e. The zero-order chi connectivity index (χ0) is 14.8. The predicted molar refractivity (Wildman–Crippen MR) is 85.1 cm³/mol. The van der Waals surface area contributed by atoms with E-state index in [1.807, 2.05) is 0 Å². The highest BCUT2D eigenvalue weighted by Gasteiger charge is 2.34. The second-order valence-electron chi connectivity index (χ2n) is 6.55. The predicted octanol–water partition coefficient (Wildman–Crippen LogP) is 2.69. The molecule has 1 saturated heterocycles. The molecule has 0 spiro atoms. The molecular formula is C18H26N2O. The van der Waals surface area contributed by atoms with Gasteiger partial charge in [0.25, 0.3) is 0 Å². The molecule has 0 saturated carbocycles. The van der Waals surface area contributed by atoms with Crippen LogP contribution < -0.4 is 5.73 Å². The van der Waals surface area contributed by atoms with Crippen molar-refractivity contribution in [1.29, 1.82) is 0 Å². The van der Waals surface area contributed by atoms with Crippen LogP contribution in [0, 0.1) is 5.92 Å². The summed E-state index contributed by atoms with van der Waals surface area (Å²) in [6.07, 6.45) is 5.24. The molecule has 114 valence electrons. The third-order valence-corrected chi connectivity index (χ3v) is 5.30. The minimum absolute atomic E-state index is 0.0711. The smallest absolute Gasteiger partial charge is 0.230 e. The molecule has 3 atom stereocenters. The SMILES string of the molecule is CCC1CN(C(=O)C2CCCc3ccccc32)CCC1N. The van der Waals surface area contributed by atoms with Crippen molar-refractivity contribution in [1.82, 2.24) is 4.90 Å². The Balaban J connectivity index is 1.77. The van der Waals surface area contributed by atoms with Gasteiger partial charge in [-0.3, -0.25) is 4.79 Å². The van der Waals surface area contributed by atoms with Crippen molar-refractivity contribution in [3.05, 3.63) is 35.4 Å². The molecule has 1 aromatic carbocycles. The van der Waals surface area contributed by atoms with E-state index in [4.69, 9.17) is 5.73 Å². The summed E-state index contributed by atoms with van der Waals surface area (Å²) in [7, 11) is 0. The van der Waals surface area contributed by atoms with Gasteiger partial charge in [-0.1, -0.05) is 37.6 Å². The van der Waals surface area contributed by atoms with Gasteiger partial charge >= 0.3 is 0 Å². The standard InChI is InChI=1S/C18H26N2O/c1-2-13-12-20(11-10-17(13)19)18(21)16-9-5-7-14-6-3-4-8-15(14)16/h3-4,6,8,13,16-17H,2,5,7,9-12,19H2,1H3. The summed E-state index contributed by atoms with van der Waals surface area (Å²) in [5.41, 5.74) is 8.79. The van der Waals surface area contributed by atoms with Crippen molar-refractivity contribution in [3.8, 4) is 0 Å². The van der Waals surface area contributed by atoms with Crippen molar-refractivity contribution in [2.75, 3.05) is 13.1 Å². The van der Waals surface area contributed by atoms with Crippen LogP contribution in [0.1, 0.15) is 49.7 Å². The summed E-state index contributed by atoms with van der Waals surface area (Å²) < 4.78 is 0. The van der Waals surface area contributed by atoms with E-state index >= 15 is 0 Å². The lowest BCUT2D eigenvalue weighted by Crippen LogP contribution is -2.50. The number of nitrogens with zero attached hydrogens (tertiary/aromatic N) is 1. The highest BCUT2D eigenvalue weighted by atomic mass is 16.2. The lowest BCUT2D eigenvalue weighted by molar-refractivity contribution is -0.135. The number of amides is 1. The van der Waals surface area contributed by atoms with E-state index in [9.17, 15) is 4.79 Å². The number of fused-ring (bicyclic) bond motifs is 1. The molecule has 1 aliphatic heterocycles. The van der Waals surface area contributed by atoms with Crippen molar-refractivity contribution in [2.24, 2.45) is 11.7 Å². The van der Waals surface area contributed by atoms with E-state index in [1.165, 1.54) is 11.1 Å². The van der Waals surface area contributed by atoms with Gasteiger partial charge < -0.3 is 10.6 Å². The number of carbonyl (C=O) groups excluding carboxylic acids is 1. The zero-order valence-corrected chi connectivity index (χ0v) is 12.9. The van der Waals surface area contributed by atoms with Gasteiger partial charge in [0.05, 0.1) is 5.92 Å². The lowest BCUT2D eigenvalue weighted by atomic mass is 9.81. The van der Waals surface area contributed by atoms with E-state index in [2.05, 4.69) is 36.1 Å². The van der Waals surface area contributed by atoms with Gasteiger partial charge in [0.15, 0.2) is 0 Å². The number of rotatable bonds is 2. The molecule has 3 rings (SSSR count). The van der Waals surface area contributed by atoms with Gasteiger partial charge in [-0.15, -0.1) is 0 Å². The van der Waals surface area contributed by atoms with Gasteiger partial charge in [-0.05, 0) is 42.7 Å². The molecule has 2 aliphatic rings. The van der Waals surface area contributed by atoms with Crippen molar-refractivity contribution in [3.63, 3.8) is 0 Å². The Labute approximate surface area is 127 Å². The van der Waals surface area contributed by atoms with E-state index in [1.54, 1.807) is 0 Å². The second kappa shape index (κ2) is 6.18. The molecule has 21 heavy (non-hydrogen) atoms. The van der Waals surface area contributed by atoms with Crippen LogP contribution in [0.15, 0.2) is 24.3 Å². The third kappa shape index (κ3) is 2.84. The molecule has 0 bridgehead atoms. The minimum Gasteiger partial charge on any atom is -0.342 e. The topological polar surface area (TPSA) is 46.3 Å². The molecule has 0 aromatic heterocycles. The number of carbonyl (C=O) groups is 1.